The standard InChI is InChI=1S/2C16H25N3.C15H25N3/c1-10(2)13-7-17-16(18-8-13)19-9-12-5-14(19)6-15(12)11(3)4;1-10(2)14-6-17-16(18-7-14)19-8-12-5-13(9-19)15(12)11(3)4;1-11(2)13-5-7-18(8-6-13)15-16-9-14(10-17-15)12(3)4/h7-8,10-12,14-15H,5-6,9H2,1-4H3;6-7,10-13,15H,5,8-9H2,1-4H3;9-13H,5-8H2,1-4H3. The summed E-state index contributed by atoms with van der Waals surface area (Å²) in [6, 6.07) is 0.683. The molecule has 0 aromatic carbocycles. The summed E-state index contributed by atoms with van der Waals surface area (Å²) in [5.41, 5.74) is 3.68. The van der Waals surface area contributed by atoms with Crippen molar-refractivity contribution in [2.45, 2.75) is 139 Å². The number of fused-ring (bicyclic) bond motifs is 4. The van der Waals surface area contributed by atoms with Crippen LogP contribution in [0.15, 0.2) is 37.2 Å². The predicted molar refractivity (Wildman–Crippen MR) is 232 cm³/mol. The first-order chi connectivity index (χ1) is 26.7. The minimum absolute atomic E-state index is 0.505. The van der Waals surface area contributed by atoms with Crippen LogP contribution in [-0.2, 0) is 0 Å². The van der Waals surface area contributed by atoms with Gasteiger partial charge in [0.05, 0.1) is 0 Å². The molecule has 0 radical (unpaired) electrons. The van der Waals surface area contributed by atoms with Crippen LogP contribution in [0.5, 0.6) is 0 Å². The Kier molecular flexibility index (Phi) is 13.9. The van der Waals surface area contributed by atoms with E-state index in [0.717, 1.165) is 104 Å². The first kappa shape index (κ1) is 42.3. The highest BCUT2D eigenvalue weighted by atomic mass is 15.3. The average molecular weight is 766 g/mol. The third-order valence-corrected chi connectivity index (χ3v) is 14.1. The van der Waals surface area contributed by atoms with E-state index in [1.807, 2.05) is 37.2 Å². The molecule has 6 fully saturated rings. The summed E-state index contributed by atoms with van der Waals surface area (Å²) < 4.78 is 0. The molecule has 3 aromatic rings. The fourth-order valence-corrected chi connectivity index (χ4v) is 10.4. The van der Waals surface area contributed by atoms with Gasteiger partial charge in [-0.3, -0.25) is 0 Å². The maximum atomic E-state index is 4.59. The second kappa shape index (κ2) is 18.5. The summed E-state index contributed by atoms with van der Waals surface area (Å²) in [4.78, 5) is 34.5. The van der Waals surface area contributed by atoms with Gasteiger partial charge in [0.25, 0.3) is 0 Å². The van der Waals surface area contributed by atoms with E-state index in [-0.39, 0.29) is 0 Å². The Hall–Kier alpha value is -3.36. The zero-order chi connectivity index (χ0) is 40.3. The van der Waals surface area contributed by atoms with E-state index in [0.29, 0.717) is 23.8 Å². The highest BCUT2D eigenvalue weighted by Gasteiger charge is 2.48. The van der Waals surface area contributed by atoms with Crippen LogP contribution in [0.3, 0.4) is 0 Å². The van der Waals surface area contributed by atoms with Crippen molar-refractivity contribution in [1.82, 2.24) is 29.9 Å². The van der Waals surface area contributed by atoms with Crippen molar-refractivity contribution in [1.29, 1.82) is 0 Å². The van der Waals surface area contributed by atoms with Crippen LogP contribution in [0, 0.1) is 53.3 Å². The number of rotatable bonds is 9. The van der Waals surface area contributed by atoms with E-state index >= 15 is 0 Å². The second-order valence-electron chi connectivity index (χ2n) is 19.9. The Bertz CT molecular complexity index is 1610. The highest BCUT2D eigenvalue weighted by molar-refractivity contribution is 5.37. The fourth-order valence-electron chi connectivity index (χ4n) is 10.4. The summed E-state index contributed by atoms with van der Waals surface area (Å²) in [5, 5.41) is 0. The molecule has 56 heavy (non-hydrogen) atoms. The lowest BCUT2D eigenvalue weighted by atomic mass is 9.58. The SMILES string of the molecule is CC(C)c1cnc(N2CC3CC(C2)C3C(C)C)nc1.CC(C)c1cnc(N2CC3CC2CC3C(C)C)nc1.CC(C)c1cnc(N2CCC(C(C)C)CC2)nc1. The maximum absolute atomic E-state index is 4.59. The lowest BCUT2D eigenvalue weighted by molar-refractivity contribution is 0.0114. The van der Waals surface area contributed by atoms with Crippen molar-refractivity contribution >= 4 is 17.8 Å². The molecule has 308 valence electrons. The minimum Gasteiger partial charge on any atom is -0.341 e. The van der Waals surface area contributed by atoms with Crippen LogP contribution in [0.25, 0.3) is 0 Å². The molecule has 2 aliphatic carbocycles. The molecule has 4 saturated heterocycles. The Morgan fingerprint density at radius 2 is 0.911 bits per heavy atom. The van der Waals surface area contributed by atoms with Crippen molar-refractivity contribution < 1.29 is 0 Å². The van der Waals surface area contributed by atoms with Gasteiger partial charge in [0.15, 0.2) is 0 Å². The lowest BCUT2D eigenvalue weighted by Gasteiger charge is -2.55. The van der Waals surface area contributed by atoms with Crippen LogP contribution in [0.1, 0.15) is 150 Å². The molecule has 2 saturated carbocycles. The Labute approximate surface area is 340 Å². The molecular formula is C47H75N9. The monoisotopic (exact) mass is 766 g/mol. The predicted octanol–water partition coefficient (Wildman–Crippen LogP) is 10.3. The first-order valence-electron chi connectivity index (χ1n) is 22.4. The Morgan fingerprint density at radius 1 is 0.464 bits per heavy atom. The van der Waals surface area contributed by atoms with Crippen LogP contribution in [0.4, 0.5) is 17.8 Å². The molecule has 9 nitrogen and oxygen atoms in total. The Morgan fingerprint density at radius 3 is 1.29 bits per heavy atom. The second-order valence-corrected chi connectivity index (χ2v) is 19.9. The van der Waals surface area contributed by atoms with Crippen LogP contribution in [0.2, 0.25) is 0 Å². The van der Waals surface area contributed by atoms with Crippen molar-refractivity contribution in [3.05, 3.63) is 53.9 Å². The van der Waals surface area contributed by atoms with E-state index in [1.54, 1.807) is 0 Å². The summed E-state index contributed by atoms with van der Waals surface area (Å²) in [6.45, 7) is 32.9. The normalized spacial score (nSPS) is 25.9. The van der Waals surface area contributed by atoms with Gasteiger partial charge in [0.2, 0.25) is 17.8 Å². The molecule has 4 bridgehead atoms. The van der Waals surface area contributed by atoms with Crippen molar-refractivity contribution in [3.63, 3.8) is 0 Å². The lowest BCUT2D eigenvalue weighted by Crippen LogP contribution is -2.57. The summed E-state index contributed by atoms with van der Waals surface area (Å²) >= 11 is 0. The molecule has 0 spiro atoms. The summed E-state index contributed by atoms with van der Waals surface area (Å²) in [5.74, 6) is 12.1. The van der Waals surface area contributed by atoms with Crippen molar-refractivity contribution in [2.75, 3.05) is 47.4 Å². The van der Waals surface area contributed by atoms with E-state index in [2.05, 4.69) is 128 Å². The molecule has 9 heteroatoms. The van der Waals surface area contributed by atoms with Gasteiger partial charge in [-0.2, -0.15) is 0 Å². The van der Waals surface area contributed by atoms with Crippen LogP contribution < -0.4 is 14.7 Å². The molecule has 7 heterocycles. The third kappa shape index (κ3) is 9.83. The fraction of sp³-hybridized carbons (Fsp3) is 0.745. The van der Waals surface area contributed by atoms with Gasteiger partial charge in [0.1, 0.15) is 0 Å². The first-order valence-corrected chi connectivity index (χ1v) is 22.4. The van der Waals surface area contributed by atoms with Crippen molar-refractivity contribution in [2.24, 2.45) is 53.3 Å². The van der Waals surface area contributed by atoms with Gasteiger partial charge < -0.3 is 14.7 Å². The van der Waals surface area contributed by atoms with Crippen LogP contribution >= 0.6 is 0 Å². The molecule has 5 unspecified atom stereocenters. The van der Waals surface area contributed by atoms with E-state index in [4.69, 9.17) is 0 Å². The average Bonchev–Trinajstić information content (AvgIpc) is 3.81. The number of aromatic nitrogens is 6. The van der Waals surface area contributed by atoms with Crippen LogP contribution in [-0.4, -0.2) is 68.7 Å². The highest BCUT2D eigenvalue weighted by Crippen LogP contribution is 2.49. The maximum Gasteiger partial charge on any atom is 0.225 e. The zero-order valence-corrected chi connectivity index (χ0v) is 37.1. The number of anilines is 3. The van der Waals surface area contributed by atoms with Gasteiger partial charge in [-0.15, -0.1) is 0 Å². The van der Waals surface area contributed by atoms with Gasteiger partial charge in [-0.05, 0) is 120 Å². The summed E-state index contributed by atoms with van der Waals surface area (Å²) in [7, 11) is 0. The van der Waals surface area contributed by atoms with Crippen molar-refractivity contribution in [3.8, 4) is 0 Å². The smallest absolute Gasteiger partial charge is 0.225 e. The number of piperidine rings is 4. The third-order valence-electron chi connectivity index (χ3n) is 14.1. The van der Waals surface area contributed by atoms with Gasteiger partial charge in [-0.25, -0.2) is 29.9 Å². The van der Waals surface area contributed by atoms with Gasteiger partial charge in [0, 0.05) is 75.9 Å². The molecule has 3 aromatic heterocycles. The number of hydrogen-bond acceptors (Lipinski definition) is 9. The topological polar surface area (TPSA) is 87.1 Å². The Balaban J connectivity index is 0.000000142. The molecule has 0 amide bonds. The zero-order valence-electron chi connectivity index (χ0n) is 37.1. The molecule has 0 N–H and O–H groups in total. The molecule has 9 rings (SSSR count). The van der Waals surface area contributed by atoms with E-state index in [1.165, 1.54) is 48.8 Å². The van der Waals surface area contributed by atoms with E-state index < -0.39 is 0 Å². The van der Waals surface area contributed by atoms with Gasteiger partial charge >= 0.3 is 0 Å². The van der Waals surface area contributed by atoms with Gasteiger partial charge in [-0.1, -0.05) is 83.1 Å². The molecule has 5 atom stereocenters. The molecule has 4 aliphatic heterocycles. The van der Waals surface area contributed by atoms with E-state index in [9.17, 15) is 0 Å². The minimum atomic E-state index is 0.505. The summed E-state index contributed by atoms with van der Waals surface area (Å²) in [6.07, 6.45) is 18.6. The quantitative estimate of drug-likeness (QED) is 0.211. The number of hydrogen-bond donors (Lipinski definition) is 0. The molecule has 6 aliphatic rings. The largest absolute Gasteiger partial charge is 0.341 e. The molecular weight excluding hydrogens is 691 g/mol. The number of nitrogens with zero attached hydrogens (tertiary/aromatic N) is 9.